The highest BCUT2D eigenvalue weighted by atomic mass is 16.5. The minimum absolute atomic E-state index is 0.0437. The Kier molecular flexibility index (Phi) is 5.60. The minimum Gasteiger partial charge on any atom is -0.378 e. The molecule has 1 fully saturated rings. The van der Waals surface area contributed by atoms with Crippen LogP contribution in [-0.2, 0) is 9.53 Å². The third-order valence-electron chi connectivity index (χ3n) is 4.10. The fourth-order valence-corrected chi connectivity index (χ4v) is 2.27. The summed E-state index contributed by atoms with van der Waals surface area (Å²) >= 11 is 0. The van der Waals surface area contributed by atoms with Gasteiger partial charge >= 0.3 is 0 Å². The van der Waals surface area contributed by atoms with E-state index in [-0.39, 0.29) is 23.5 Å². The van der Waals surface area contributed by atoms with E-state index in [1.807, 2.05) is 6.92 Å². The molecule has 18 heavy (non-hydrogen) atoms. The molecule has 0 heterocycles. The van der Waals surface area contributed by atoms with E-state index in [0.29, 0.717) is 12.6 Å². The number of amides is 1. The Morgan fingerprint density at radius 3 is 2.61 bits per heavy atom. The molecule has 3 unspecified atom stereocenters. The van der Waals surface area contributed by atoms with Crippen LogP contribution in [0.4, 0.5) is 0 Å². The largest absolute Gasteiger partial charge is 0.378 e. The van der Waals surface area contributed by atoms with E-state index in [1.54, 1.807) is 0 Å². The summed E-state index contributed by atoms with van der Waals surface area (Å²) in [5, 5.41) is 6.30. The molecule has 106 valence electrons. The highest BCUT2D eigenvalue weighted by Gasteiger charge is 2.49. The predicted molar refractivity (Wildman–Crippen MR) is 73.5 cm³/mol. The molecule has 1 aliphatic rings. The van der Waals surface area contributed by atoms with Crippen LogP contribution in [0.15, 0.2) is 0 Å². The van der Waals surface area contributed by atoms with Crippen LogP contribution in [0.1, 0.15) is 47.5 Å². The third kappa shape index (κ3) is 3.69. The van der Waals surface area contributed by atoms with Crippen molar-refractivity contribution in [3.05, 3.63) is 0 Å². The molecular formula is C14H28N2O2. The molecule has 0 aliphatic heterocycles. The lowest BCUT2D eigenvalue weighted by Gasteiger charge is -2.51. The van der Waals surface area contributed by atoms with E-state index in [2.05, 4.69) is 38.3 Å². The molecule has 4 nitrogen and oxygen atoms in total. The van der Waals surface area contributed by atoms with Crippen LogP contribution >= 0.6 is 0 Å². The second-order valence-electron chi connectivity index (χ2n) is 5.81. The summed E-state index contributed by atoms with van der Waals surface area (Å²) in [6.07, 6.45) is 2.24. The molecule has 0 radical (unpaired) electrons. The van der Waals surface area contributed by atoms with Crippen LogP contribution < -0.4 is 10.6 Å². The highest BCUT2D eigenvalue weighted by molar-refractivity contribution is 5.78. The van der Waals surface area contributed by atoms with Crippen molar-refractivity contribution in [1.29, 1.82) is 0 Å². The lowest BCUT2D eigenvalue weighted by molar-refractivity contribution is -0.136. The fourth-order valence-electron chi connectivity index (χ4n) is 2.27. The van der Waals surface area contributed by atoms with E-state index in [0.717, 1.165) is 19.4 Å². The normalized spacial score (nSPS) is 27.4. The predicted octanol–water partition coefficient (Wildman–Crippen LogP) is 1.69. The number of nitrogens with one attached hydrogen (secondary N) is 2. The number of hydrogen-bond donors (Lipinski definition) is 2. The molecule has 3 atom stereocenters. The van der Waals surface area contributed by atoms with Crippen molar-refractivity contribution < 1.29 is 9.53 Å². The first kappa shape index (κ1) is 15.4. The first-order chi connectivity index (χ1) is 8.41. The topological polar surface area (TPSA) is 50.4 Å². The van der Waals surface area contributed by atoms with E-state index in [9.17, 15) is 4.79 Å². The van der Waals surface area contributed by atoms with Gasteiger partial charge in [-0.3, -0.25) is 4.79 Å². The van der Waals surface area contributed by atoms with Crippen LogP contribution in [-0.4, -0.2) is 37.2 Å². The van der Waals surface area contributed by atoms with Crippen molar-refractivity contribution in [3.63, 3.8) is 0 Å². The van der Waals surface area contributed by atoms with E-state index in [4.69, 9.17) is 4.74 Å². The Balaban J connectivity index is 2.30. The zero-order chi connectivity index (χ0) is 13.8. The zero-order valence-electron chi connectivity index (χ0n) is 12.4. The monoisotopic (exact) mass is 256 g/mol. The molecule has 1 aliphatic carbocycles. The summed E-state index contributed by atoms with van der Waals surface area (Å²) in [6, 6.07) is 0.626. The fraction of sp³-hybridized carbons (Fsp3) is 0.929. The molecule has 1 rings (SSSR count). The van der Waals surface area contributed by atoms with Gasteiger partial charge in [-0.2, -0.15) is 0 Å². The standard InChI is InChI=1S/C14H28N2O2/c1-6-10(3)15-9-13(17)16-11-8-12(18-7-2)14(11,4)5/h10-12,15H,6-9H2,1-5H3,(H,16,17). The second-order valence-corrected chi connectivity index (χ2v) is 5.81. The average Bonchev–Trinajstić information content (AvgIpc) is 2.34. The van der Waals surface area contributed by atoms with Crippen LogP contribution in [0.3, 0.4) is 0 Å². The molecule has 0 bridgehead atoms. The highest BCUT2D eigenvalue weighted by Crippen LogP contribution is 2.42. The van der Waals surface area contributed by atoms with Gasteiger partial charge in [-0.25, -0.2) is 0 Å². The smallest absolute Gasteiger partial charge is 0.234 e. The summed E-state index contributed by atoms with van der Waals surface area (Å²) in [5.74, 6) is 0.0864. The Morgan fingerprint density at radius 1 is 1.44 bits per heavy atom. The quantitative estimate of drug-likeness (QED) is 0.729. The van der Waals surface area contributed by atoms with Gasteiger partial charge in [-0.15, -0.1) is 0 Å². The number of ether oxygens (including phenoxy) is 1. The van der Waals surface area contributed by atoms with E-state index >= 15 is 0 Å². The molecule has 0 spiro atoms. The maximum atomic E-state index is 11.8. The molecule has 0 aromatic rings. The van der Waals surface area contributed by atoms with Gasteiger partial charge in [0.15, 0.2) is 0 Å². The Labute approximate surface area is 111 Å². The lowest BCUT2D eigenvalue weighted by atomic mass is 9.64. The van der Waals surface area contributed by atoms with Crippen LogP contribution in [0, 0.1) is 5.41 Å². The molecule has 1 saturated carbocycles. The van der Waals surface area contributed by atoms with Crippen molar-refractivity contribution in [1.82, 2.24) is 10.6 Å². The van der Waals surface area contributed by atoms with Crippen molar-refractivity contribution >= 4 is 5.91 Å². The zero-order valence-corrected chi connectivity index (χ0v) is 12.4. The summed E-state index contributed by atoms with van der Waals surface area (Å²) in [4.78, 5) is 11.8. The van der Waals surface area contributed by atoms with Crippen LogP contribution in [0.5, 0.6) is 0 Å². The van der Waals surface area contributed by atoms with Crippen molar-refractivity contribution in [2.45, 2.75) is 65.6 Å². The van der Waals surface area contributed by atoms with Gasteiger partial charge in [0.1, 0.15) is 0 Å². The summed E-state index contributed by atoms with van der Waals surface area (Å²) in [6.45, 7) is 11.7. The van der Waals surface area contributed by atoms with Crippen LogP contribution in [0.2, 0.25) is 0 Å². The average molecular weight is 256 g/mol. The van der Waals surface area contributed by atoms with Gasteiger partial charge in [0, 0.05) is 24.1 Å². The number of rotatable bonds is 7. The maximum Gasteiger partial charge on any atom is 0.234 e. The lowest BCUT2D eigenvalue weighted by Crippen LogP contribution is -2.62. The van der Waals surface area contributed by atoms with Crippen molar-refractivity contribution in [2.75, 3.05) is 13.2 Å². The summed E-state index contributed by atoms with van der Waals surface area (Å²) in [7, 11) is 0. The Bertz CT molecular complexity index is 279. The molecule has 2 N–H and O–H groups in total. The maximum absolute atomic E-state index is 11.8. The SMILES string of the molecule is CCOC1CC(NC(=O)CNC(C)CC)C1(C)C. The van der Waals surface area contributed by atoms with E-state index in [1.165, 1.54) is 0 Å². The van der Waals surface area contributed by atoms with E-state index < -0.39 is 0 Å². The van der Waals surface area contributed by atoms with Gasteiger partial charge in [0.25, 0.3) is 0 Å². The molecule has 1 amide bonds. The molecule has 0 saturated heterocycles. The summed E-state index contributed by atoms with van der Waals surface area (Å²) in [5.41, 5.74) is 0.0437. The van der Waals surface area contributed by atoms with Crippen LogP contribution in [0.25, 0.3) is 0 Å². The number of hydrogen-bond acceptors (Lipinski definition) is 3. The van der Waals surface area contributed by atoms with Gasteiger partial charge in [-0.1, -0.05) is 20.8 Å². The molecule has 0 aromatic carbocycles. The molecule has 4 heteroatoms. The van der Waals surface area contributed by atoms with Gasteiger partial charge in [0.2, 0.25) is 5.91 Å². The Morgan fingerprint density at radius 2 is 2.11 bits per heavy atom. The number of carbonyl (C=O) groups excluding carboxylic acids is 1. The van der Waals surface area contributed by atoms with Gasteiger partial charge < -0.3 is 15.4 Å². The van der Waals surface area contributed by atoms with Crippen molar-refractivity contribution in [2.24, 2.45) is 5.41 Å². The number of carbonyl (C=O) groups is 1. The second kappa shape index (κ2) is 6.53. The first-order valence-electron chi connectivity index (χ1n) is 7.06. The molecular weight excluding hydrogens is 228 g/mol. The van der Waals surface area contributed by atoms with Gasteiger partial charge in [0.05, 0.1) is 12.6 Å². The minimum atomic E-state index is 0.0437. The molecule has 0 aromatic heterocycles. The third-order valence-corrected chi connectivity index (χ3v) is 4.10. The van der Waals surface area contributed by atoms with Crippen molar-refractivity contribution in [3.8, 4) is 0 Å². The first-order valence-corrected chi connectivity index (χ1v) is 7.06. The van der Waals surface area contributed by atoms with Gasteiger partial charge in [-0.05, 0) is 26.7 Å². The Hall–Kier alpha value is -0.610. The summed E-state index contributed by atoms with van der Waals surface area (Å²) < 4.78 is 5.65.